The number of hydrogen-bond acceptors (Lipinski definition) is 13. The SMILES string of the molecule is CO[C@](N)(COP(=O)(O)OP(=O)(O)OP(=O)(O)O)[C@@H](O)[C@@H](F)n1cnc2c(=O)[nH]c(N)nc21. The van der Waals surface area contributed by atoms with Crippen molar-refractivity contribution in [2.24, 2.45) is 5.73 Å². The van der Waals surface area contributed by atoms with Gasteiger partial charge in [-0.1, -0.05) is 0 Å². The van der Waals surface area contributed by atoms with Crippen LogP contribution in [0.3, 0.4) is 0 Å². The number of methoxy groups -OCH3 is 1. The van der Waals surface area contributed by atoms with Gasteiger partial charge in [0.1, 0.15) is 12.7 Å². The van der Waals surface area contributed by atoms with E-state index < -0.39 is 65.4 Å². The largest absolute Gasteiger partial charge is 0.490 e. The van der Waals surface area contributed by atoms with E-state index in [9.17, 15) is 28.5 Å². The van der Waals surface area contributed by atoms with Crippen molar-refractivity contribution in [1.82, 2.24) is 19.5 Å². The average Bonchev–Trinajstić information content (AvgIpc) is 3.06. The number of phosphoric ester groups is 1. The molecule has 0 saturated carbocycles. The molecule has 0 bridgehead atoms. The Morgan fingerprint density at radius 2 is 1.85 bits per heavy atom. The van der Waals surface area contributed by atoms with E-state index in [0.717, 1.165) is 13.4 Å². The summed E-state index contributed by atoms with van der Waals surface area (Å²) in [5.41, 5.74) is 6.81. The summed E-state index contributed by atoms with van der Waals surface area (Å²) in [6, 6.07) is 0. The Hall–Kier alpha value is -1.63. The zero-order valence-corrected chi connectivity index (χ0v) is 18.8. The molecule has 23 heteroatoms. The zero-order valence-electron chi connectivity index (χ0n) is 16.2. The van der Waals surface area contributed by atoms with Gasteiger partial charge < -0.3 is 35.2 Å². The van der Waals surface area contributed by atoms with Gasteiger partial charge in [-0.05, 0) is 0 Å². The van der Waals surface area contributed by atoms with Crippen LogP contribution in [-0.2, 0) is 31.6 Å². The van der Waals surface area contributed by atoms with Gasteiger partial charge in [-0.2, -0.15) is 13.6 Å². The third-order valence-corrected chi connectivity index (χ3v) is 7.51. The number of fused-ring (bicyclic) bond motifs is 1. The number of alkyl halides is 1. The molecule has 2 unspecified atom stereocenters. The molecule has 188 valence electrons. The Morgan fingerprint density at radius 3 is 2.39 bits per heavy atom. The predicted octanol–water partition coefficient (Wildman–Crippen LogP) is -1.82. The van der Waals surface area contributed by atoms with E-state index in [1.165, 1.54) is 0 Å². The minimum absolute atomic E-state index is 0.354. The van der Waals surface area contributed by atoms with Crippen molar-refractivity contribution in [3.05, 3.63) is 16.7 Å². The number of ether oxygens (including phenoxy) is 1. The maximum absolute atomic E-state index is 15.0. The number of nitrogens with two attached hydrogens (primary N) is 2. The van der Waals surface area contributed by atoms with Gasteiger partial charge in [0.25, 0.3) is 5.56 Å². The minimum Gasteiger partial charge on any atom is -0.383 e. The molecule has 0 aliphatic carbocycles. The number of rotatable bonds is 11. The van der Waals surface area contributed by atoms with Gasteiger partial charge >= 0.3 is 23.5 Å². The molecule has 2 aromatic heterocycles. The molecule has 33 heavy (non-hydrogen) atoms. The topological polar surface area (TPSA) is 305 Å². The lowest BCUT2D eigenvalue weighted by atomic mass is 10.1. The molecule has 0 fully saturated rings. The number of imidazole rings is 1. The molecule has 19 nitrogen and oxygen atoms in total. The van der Waals surface area contributed by atoms with E-state index in [1.807, 2.05) is 0 Å². The number of nitrogens with one attached hydrogen (secondary N) is 1. The maximum Gasteiger partial charge on any atom is 0.490 e. The Labute approximate surface area is 181 Å². The Bertz CT molecular complexity index is 1220. The second kappa shape index (κ2) is 9.55. The molecule has 0 radical (unpaired) electrons. The first-order valence-corrected chi connectivity index (χ1v) is 12.6. The number of nitrogen functional groups attached to an aromatic ring is 1. The number of H-pyrrole nitrogens is 1. The monoisotopic (exact) mass is 542 g/mol. The number of aromatic nitrogens is 4. The summed E-state index contributed by atoms with van der Waals surface area (Å²) in [4.78, 5) is 56.8. The van der Waals surface area contributed by atoms with Gasteiger partial charge in [0.05, 0.1) is 6.33 Å². The van der Waals surface area contributed by atoms with Crippen LogP contribution in [0.25, 0.3) is 11.2 Å². The molecular weight excluding hydrogens is 524 g/mol. The van der Waals surface area contributed by atoms with Gasteiger partial charge in [0, 0.05) is 7.11 Å². The summed E-state index contributed by atoms with van der Waals surface area (Å²) in [5.74, 6) is -0.408. The van der Waals surface area contributed by atoms with Crippen LogP contribution in [0.5, 0.6) is 0 Å². The molecule has 5 atom stereocenters. The summed E-state index contributed by atoms with van der Waals surface area (Å²) in [6.45, 7) is -1.39. The second-order valence-electron chi connectivity index (χ2n) is 6.12. The Morgan fingerprint density at radius 1 is 1.24 bits per heavy atom. The molecule has 10 N–H and O–H groups in total. The molecule has 0 spiro atoms. The van der Waals surface area contributed by atoms with Crippen LogP contribution in [0.15, 0.2) is 11.1 Å². The number of aliphatic hydroxyl groups is 1. The van der Waals surface area contributed by atoms with Gasteiger partial charge in [-0.3, -0.25) is 24.6 Å². The molecule has 0 aliphatic heterocycles. The first-order valence-electron chi connectivity index (χ1n) is 8.06. The highest BCUT2D eigenvalue weighted by Crippen LogP contribution is 2.66. The molecule has 0 aromatic carbocycles. The number of aliphatic hydroxyl groups excluding tert-OH is 1. The van der Waals surface area contributed by atoms with Gasteiger partial charge in [0.15, 0.2) is 16.9 Å². The van der Waals surface area contributed by atoms with Crippen LogP contribution in [0.1, 0.15) is 6.30 Å². The van der Waals surface area contributed by atoms with Crippen LogP contribution in [0.2, 0.25) is 0 Å². The molecule has 0 aliphatic rings. The standard InChI is InChI=1S/C10H18FN6O13P3/c1-27-10(13,2-28-32(23,24)30-33(25,26)29-31(20,21)22)5(18)6(11)17-3-14-4-7(17)15-9(12)16-8(4)19/h3,5-6,18H,2,13H2,1H3,(H,23,24)(H,25,26)(H2,20,21,22)(H3,12,15,16,19)/t5-,6-,10+/m0/s1. The summed E-state index contributed by atoms with van der Waals surface area (Å²) in [5, 5.41) is 10.3. The number of phosphoric acid groups is 3. The number of hydrogen-bond donors (Lipinski definition) is 8. The molecule has 0 saturated heterocycles. The minimum atomic E-state index is -5.83. The highest BCUT2D eigenvalue weighted by atomic mass is 31.3. The Kier molecular flexibility index (Phi) is 7.99. The smallest absolute Gasteiger partial charge is 0.383 e. The maximum atomic E-state index is 15.0. The molecule has 0 amide bonds. The van der Waals surface area contributed by atoms with Gasteiger partial charge in [0.2, 0.25) is 12.2 Å². The van der Waals surface area contributed by atoms with E-state index >= 15 is 4.39 Å². The van der Waals surface area contributed by atoms with Crippen LogP contribution in [0.4, 0.5) is 10.3 Å². The normalized spacial score (nSPS) is 20.0. The predicted molar refractivity (Wildman–Crippen MR) is 102 cm³/mol. The first-order chi connectivity index (χ1) is 14.9. The summed E-state index contributed by atoms with van der Waals surface area (Å²) in [7, 11) is -16.3. The highest BCUT2D eigenvalue weighted by Gasteiger charge is 2.46. The lowest BCUT2D eigenvalue weighted by Gasteiger charge is -2.34. The highest BCUT2D eigenvalue weighted by molar-refractivity contribution is 7.66. The average molecular weight is 542 g/mol. The lowest BCUT2D eigenvalue weighted by Crippen LogP contribution is -2.58. The molecule has 2 aromatic rings. The number of aromatic amines is 1. The quantitative estimate of drug-likeness (QED) is 0.114. The van der Waals surface area contributed by atoms with E-state index in [4.69, 9.17) is 30.9 Å². The second-order valence-corrected chi connectivity index (χ2v) is 10.5. The van der Waals surface area contributed by atoms with Crippen LogP contribution >= 0.6 is 23.5 Å². The van der Waals surface area contributed by atoms with E-state index in [1.54, 1.807) is 0 Å². The van der Waals surface area contributed by atoms with Crippen molar-refractivity contribution in [3.8, 4) is 0 Å². The summed E-state index contributed by atoms with van der Waals surface area (Å²) < 4.78 is 65.4. The first kappa shape index (κ1) is 27.6. The molecule has 2 heterocycles. The van der Waals surface area contributed by atoms with Crippen molar-refractivity contribution in [2.75, 3.05) is 19.5 Å². The van der Waals surface area contributed by atoms with E-state index in [0.29, 0.717) is 4.57 Å². The Balaban J connectivity index is 2.22. The van der Waals surface area contributed by atoms with Crippen molar-refractivity contribution >= 4 is 40.6 Å². The van der Waals surface area contributed by atoms with Crippen molar-refractivity contribution in [2.45, 2.75) is 18.1 Å². The van der Waals surface area contributed by atoms with E-state index in [-0.39, 0.29) is 5.52 Å². The van der Waals surface area contributed by atoms with Crippen LogP contribution in [0, 0.1) is 0 Å². The zero-order chi connectivity index (χ0) is 25.4. The summed E-state index contributed by atoms with van der Waals surface area (Å²) in [6.07, 6.45) is -4.24. The fourth-order valence-electron chi connectivity index (χ4n) is 2.26. The summed E-state index contributed by atoms with van der Waals surface area (Å²) >= 11 is 0. The van der Waals surface area contributed by atoms with E-state index in [2.05, 4.69) is 28.1 Å². The van der Waals surface area contributed by atoms with Crippen LogP contribution in [-0.4, -0.2) is 69.7 Å². The lowest BCUT2D eigenvalue weighted by molar-refractivity contribution is -0.157. The molecular formula is C10H18FN6O13P3. The third kappa shape index (κ3) is 6.93. The van der Waals surface area contributed by atoms with Crippen molar-refractivity contribution in [3.63, 3.8) is 0 Å². The fourth-order valence-corrected chi connectivity index (χ4v) is 5.32. The van der Waals surface area contributed by atoms with Crippen molar-refractivity contribution < 1.29 is 60.6 Å². The van der Waals surface area contributed by atoms with Crippen molar-refractivity contribution in [1.29, 1.82) is 0 Å². The van der Waals surface area contributed by atoms with Gasteiger partial charge in [-0.25, -0.2) is 23.1 Å². The number of anilines is 1. The number of halogens is 1. The van der Waals surface area contributed by atoms with Gasteiger partial charge in [-0.15, -0.1) is 0 Å². The van der Waals surface area contributed by atoms with Crippen LogP contribution < -0.4 is 17.0 Å². The number of nitrogens with zero attached hydrogens (tertiary/aromatic N) is 3. The molecule has 2 rings (SSSR count). The third-order valence-electron chi connectivity index (χ3n) is 3.73. The fraction of sp³-hybridized carbons (Fsp3) is 0.500.